The summed E-state index contributed by atoms with van der Waals surface area (Å²) in [5.41, 5.74) is 0.727. The van der Waals surface area contributed by atoms with Gasteiger partial charge in [-0.1, -0.05) is 31.4 Å². The zero-order valence-electron chi connectivity index (χ0n) is 11.0. The van der Waals surface area contributed by atoms with Crippen LogP contribution in [0.25, 0.3) is 0 Å². The third kappa shape index (κ3) is 3.09. The third-order valence-electron chi connectivity index (χ3n) is 3.76. The third-order valence-corrected chi connectivity index (χ3v) is 3.76. The predicted octanol–water partition coefficient (Wildman–Crippen LogP) is 2.83. The highest BCUT2D eigenvalue weighted by atomic mass is 16.2. The molecule has 18 heavy (non-hydrogen) atoms. The van der Waals surface area contributed by atoms with E-state index in [4.69, 9.17) is 0 Å². The van der Waals surface area contributed by atoms with Crippen molar-refractivity contribution in [3.63, 3.8) is 0 Å². The normalized spacial score (nSPS) is 22.4. The van der Waals surface area contributed by atoms with Crippen molar-refractivity contribution in [1.29, 1.82) is 0 Å². The molecule has 3 heteroatoms. The highest BCUT2D eigenvalue weighted by Crippen LogP contribution is 2.26. The monoisotopic (exact) mass is 247 g/mol. The molecule has 3 nitrogen and oxygen atoms in total. The van der Waals surface area contributed by atoms with Gasteiger partial charge < -0.3 is 0 Å². The minimum Gasteiger partial charge on any atom is -0.275 e. The van der Waals surface area contributed by atoms with E-state index in [9.17, 15) is 9.59 Å². The minimum atomic E-state index is -0.178. The minimum absolute atomic E-state index is 0.116. The Morgan fingerprint density at radius 1 is 1.33 bits per heavy atom. The van der Waals surface area contributed by atoms with Gasteiger partial charge in [0.25, 0.3) is 11.8 Å². The lowest BCUT2D eigenvalue weighted by molar-refractivity contribution is -0.139. The Labute approximate surface area is 109 Å². The molecule has 1 fully saturated rings. The van der Waals surface area contributed by atoms with Crippen LogP contribution in [0.3, 0.4) is 0 Å². The zero-order valence-corrected chi connectivity index (χ0v) is 11.0. The molecule has 2 rings (SSSR count). The molecule has 1 heterocycles. The van der Waals surface area contributed by atoms with Crippen LogP contribution in [0.5, 0.6) is 0 Å². The molecule has 2 aliphatic rings. The van der Waals surface area contributed by atoms with Crippen LogP contribution < -0.4 is 0 Å². The molecule has 0 aromatic heterocycles. The van der Waals surface area contributed by atoms with Gasteiger partial charge in [-0.2, -0.15) is 0 Å². The first-order valence-corrected chi connectivity index (χ1v) is 6.89. The molecular weight excluding hydrogens is 226 g/mol. The van der Waals surface area contributed by atoms with E-state index < -0.39 is 0 Å². The number of rotatable bonds is 2. The fourth-order valence-corrected chi connectivity index (χ4v) is 2.73. The van der Waals surface area contributed by atoms with Crippen molar-refractivity contribution >= 4 is 11.8 Å². The molecule has 98 valence electrons. The number of imide groups is 1. The Bertz CT molecular complexity index is 389. The van der Waals surface area contributed by atoms with E-state index in [-0.39, 0.29) is 11.8 Å². The first-order valence-electron chi connectivity index (χ1n) is 6.89. The maximum Gasteiger partial charge on any atom is 0.256 e. The van der Waals surface area contributed by atoms with E-state index >= 15 is 0 Å². The van der Waals surface area contributed by atoms with Crippen LogP contribution in [-0.2, 0) is 9.59 Å². The summed E-state index contributed by atoms with van der Waals surface area (Å²) in [7, 11) is 0. The van der Waals surface area contributed by atoms with Crippen molar-refractivity contribution in [1.82, 2.24) is 4.90 Å². The van der Waals surface area contributed by atoms with Crippen molar-refractivity contribution in [2.45, 2.75) is 45.4 Å². The second kappa shape index (κ2) is 5.98. The molecule has 1 saturated carbocycles. The van der Waals surface area contributed by atoms with Crippen molar-refractivity contribution < 1.29 is 9.59 Å². The van der Waals surface area contributed by atoms with Crippen LogP contribution in [0.15, 0.2) is 23.8 Å². The van der Waals surface area contributed by atoms with E-state index in [2.05, 4.69) is 6.08 Å². The second-order valence-electron chi connectivity index (χ2n) is 5.23. The highest BCUT2D eigenvalue weighted by molar-refractivity contribution is 6.07. The average Bonchev–Trinajstić information content (AvgIpc) is 2.39. The molecule has 0 atom stereocenters. The lowest BCUT2D eigenvalue weighted by Gasteiger charge is -2.23. The Morgan fingerprint density at radius 2 is 2.06 bits per heavy atom. The smallest absolute Gasteiger partial charge is 0.256 e. The van der Waals surface area contributed by atoms with E-state index in [1.165, 1.54) is 43.1 Å². The van der Waals surface area contributed by atoms with Gasteiger partial charge in [-0.15, -0.1) is 0 Å². The average molecular weight is 247 g/mol. The summed E-state index contributed by atoms with van der Waals surface area (Å²) < 4.78 is 0. The number of carbonyl (C=O) groups is 2. The number of hydrogen-bond donors (Lipinski definition) is 0. The largest absolute Gasteiger partial charge is 0.275 e. The second-order valence-corrected chi connectivity index (χ2v) is 5.23. The molecule has 0 spiro atoms. The van der Waals surface area contributed by atoms with E-state index in [0.717, 1.165) is 12.0 Å². The summed E-state index contributed by atoms with van der Waals surface area (Å²) in [6.45, 7) is 2.35. The molecule has 0 saturated heterocycles. The standard InChI is InChI=1S/C15H21NO2/c1-12(11-13-7-3-2-4-8-13)15(18)16-10-6-5-9-14(16)17/h5,9,11,13H,2-4,6-8,10H2,1H3/b12-11-. The molecule has 0 bridgehead atoms. The molecular formula is C15H21NO2. The number of allylic oxidation sites excluding steroid dienone is 1. The van der Waals surface area contributed by atoms with Crippen LogP contribution in [0.1, 0.15) is 45.4 Å². The summed E-state index contributed by atoms with van der Waals surface area (Å²) in [4.78, 5) is 25.2. The van der Waals surface area contributed by atoms with E-state index in [1.807, 2.05) is 13.0 Å². The number of amides is 2. The summed E-state index contributed by atoms with van der Waals surface area (Å²) in [5, 5.41) is 0. The van der Waals surface area contributed by atoms with Crippen LogP contribution in [0.2, 0.25) is 0 Å². The highest BCUT2D eigenvalue weighted by Gasteiger charge is 2.23. The fraction of sp³-hybridized carbons (Fsp3) is 0.600. The van der Waals surface area contributed by atoms with Crippen LogP contribution in [-0.4, -0.2) is 23.3 Å². The van der Waals surface area contributed by atoms with Gasteiger partial charge in [0.15, 0.2) is 0 Å². The van der Waals surface area contributed by atoms with Crippen LogP contribution >= 0.6 is 0 Å². The first kappa shape index (κ1) is 13.1. The molecule has 0 aromatic rings. The lowest BCUT2D eigenvalue weighted by Crippen LogP contribution is -2.38. The number of nitrogens with zero attached hydrogens (tertiary/aromatic N) is 1. The van der Waals surface area contributed by atoms with Gasteiger partial charge in [-0.05, 0) is 38.2 Å². The topological polar surface area (TPSA) is 37.4 Å². The summed E-state index contributed by atoms with van der Waals surface area (Å²) in [5.74, 6) is 0.232. The molecule has 1 aliphatic heterocycles. The van der Waals surface area contributed by atoms with Gasteiger partial charge in [-0.25, -0.2) is 0 Å². The van der Waals surface area contributed by atoms with Crippen molar-refractivity contribution in [3.05, 3.63) is 23.8 Å². The Morgan fingerprint density at radius 3 is 2.72 bits per heavy atom. The molecule has 0 radical (unpaired) electrons. The van der Waals surface area contributed by atoms with Crippen LogP contribution in [0, 0.1) is 5.92 Å². The maximum absolute atomic E-state index is 12.2. The van der Waals surface area contributed by atoms with Crippen molar-refractivity contribution in [2.75, 3.05) is 6.54 Å². The SMILES string of the molecule is C/C(=C/C1CCCCC1)C(=O)N1CCC=CC1=O. The van der Waals surface area contributed by atoms with E-state index in [1.54, 1.807) is 0 Å². The molecule has 2 amide bonds. The molecule has 1 aliphatic carbocycles. The van der Waals surface area contributed by atoms with Crippen LogP contribution in [0.4, 0.5) is 0 Å². The Hall–Kier alpha value is -1.38. The quantitative estimate of drug-likeness (QED) is 0.704. The molecule has 0 aromatic carbocycles. The first-order chi connectivity index (χ1) is 8.68. The molecule has 0 N–H and O–H groups in total. The summed E-state index contributed by atoms with van der Waals surface area (Å²) in [6.07, 6.45) is 12.4. The summed E-state index contributed by atoms with van der Waals surface area (Å²) >= 11 is 0. The van der Waals surface area contributed by atoms with Gasteiger partial charge in [-0.3, -0.25) is 14.5 Å². The van der Waals surface area contributed by atoms with Gasteiger partial charge in [0, 0.05) is 12.1 Å². The Kier molecular flexibility index (Phi) is 4.34. The fourth-order valence-electron chi connectivity index (χ4n) is 2.73. The van der Waals surface area contributed by atoms with Gasteiger partial charge in [0.1, 0.15) is 0 Å². The number of hydrogen-bond acceptors (Lipinski definition) is 2. The van der Waals surface area contributed by atoms with Crippen molar-refractivity contribution in [2.24, 2.45) is 5.92 Å². The molecule has 0 unspecified atom stereocenters. The van der Waals surface area contributed by atoms with Gasteiger partial charge in [0.2, 0.25) is 0 Å². The van der Waals surface area contributed by atoms with E-state index in [0.29, 0.717) is 12.5 Å². The number of carbonyl (C=O) groups excluding carboxylic acids is 2. The summed E-state index contributed by atoms with van der Waals surface area (Å²) in [6, 6.07) is 0. The Balaban J connectivity index is 2.01. The maximum atomic E-state index is 12.2. The van der Waals surface area contributed by atoms with Gasteiger partial charge in [0.05, 0.1) is 0 Å². The predicted molar refractivity (Wildman–Crippen MR) is 70.8 cm³/mol. The van der Waals surface area contributed by atoms with Gasteiger partial charge >= 0.3 is 0 Å². The lowest BCUT2D eigenvalue weighted by atomic mass is 9.88. The zero-order chi connectivity index (χ0) is 13.0. The van der Waals surface area contributed by atoms with Crippen molar-refractivity contribution in [3.8, 4) is 0 Å².